The summed E-state index contributed by atoms with van der Waals surface area (Å²) >= 11 is 3.33. The van der Waals surface area contributed by atoms with Crippen LogP contribution in [0.1, 0.15) is 5.56 Å². The van der Waals surface area contributed by atoms with Gasteiger partial charge in [-0.25, -0.2) is 4.79 Å². The van der Waals surface area contributed by atoms with E-state index in [1.165, 1.54) is 13.2 Å². The monoisotopic (exact) mass is 286 g/mol. The van der Waals surface area contributed by atoms with Gasteiger partial charge in [0, 0.05) is 11.6 Å². The first-order valence-corrected chi connectivity index (χ1v) is 5.21. The van der Waals surface area contributed by atoms with Gasteiger partial charge >= 0.3 is 5.97 Å². The van der Waals surface area contributed by atoms with Gasteiger partial charge in [0.25, 0.3) is 0 Å². The number of methoxy groups -OCH3 is 2. The number of ether oxygens (including phenoxy) is 2. The summed E-state index contributed by atoms with van der Waals surface area (Å²) in [5, 5.41) is 8.54. The van der Waals surface area contributed by atoms with Gasteiger partial charge in [0.2, 0.25) is 0 Å². The van der Waals surface area contributed by atoms with Crippen LogP contribution in [0, 0.1) is 0 Å². The third-order valence-electron chi connectivity index (χ3n) is 1.92. The first-order chi connectivity index (χ1) is 7.60. The molecule has 0 aliphatic carbocycles. The fourth-order valence-electron chi connectivity index (χ4n) is 1.21. The Balaban J connectivity index is 3.20. The van der Waals surface area contributed by atoms with Crippen LogP contribution in [0.25, 0.3) is 6.08 Å². The van der Waals surface area contributed by atoms with Crippen molar-refractivity contribution in [3.8, 4) is 11.5 Å². The van der Waals surface area contributed by atoms with Crippen LogP contribution < -0.4 is 9.47 Å². The van der Waals surface area contributed by atoms with Crippen LogP contribution in [0.5, 0.6) is 11.5 Å². The molecular formula is C11H11BrO4. The minimum Gasteiger partial charge on any atom is -0.495 e. The zero-order valence-electron chi connectivity index (χ0n) is 8.86. The minimum atomic E-state index is -1.01. The van der Waals surface area contributed by atoms with Crippen molar-refractivity contribution in [1.82, 2.24) is 0 Å². The molecule has 16 heavy (non-hydrogen) atoms. The van der Waals surface area contributed by atoms with Gasteiger partial charge in [-0.15, -0.1) is 0 Å². The van der Waals surface area contributed by atoms with Crippen LogP contribution in [-0.2, 0) is 4.79 Å². The van der Waals surface area contributed by atoms with Gasteiger partial charge in [0.15, 0.2) is 0 Å². The lowest BCUT2D eigenvalue weighted by Gasteiger charge is -2.10. The summed E-state index contributed by atoms with van der Waals surface area (Å²) in [4.78, 5) is 10.4. The molecule has 0 saturated carbocycles. The van der Waals surface area contributed by atoms with Gasteiger partial charge < -0.3 is 14.6 Å². The third kappa shape index (κ3) is 2.76. The molecule has 0 amide bonds. The van der Waals surface area contributed by atoms with Crippen LogP contribution in [0.3, 0.4) is 0 Å². The lowest BCUT2D eigenvalue weighted by atomic mass is 10.1. The molecule has 0 saturated heterocycles. The van der Waals surface area contributed by atoms with Gasteiger partial charge in [0.05, 0.1) is 14.2 Å². The van der Waals surface area contributed by atoms with E-state index in [-0.39, 0.29) is 0 Å². The Kier molecular flexibility index (Phi) is 4.37. The van der Waals surface area contributed by atoms with E-state index in [1.807, 2.05) is 0 Å². The van der Waals surface area contributed by atoms with Crippen molar-refractivity contribution >= 4 is 28.0 Å². The van der Waals surface area contributed by atoms with E-state index < -0.39 is 5.97 Å². The summed E-state index contributed by atoms with van der Waals surface area (Å²) in [5.41, 5.74) is 0.664. The summed E-state index contributed by atoms with van der Waals surface area (Å²) in [7, 11) is 3.06. The molecule has 0 aliphatic heterocycles. The van der Waals surface area contributed by atoms with Crippen LogP contribution in [0.2, 0.25) is 0 Å². The number of carboxylic acid groups (broad SMARTS) is 1. The first kappa shape index (κ1) is 12.6. The number of benzene rings is 1. The zero-order valence-corrected chi connectivity index (χ0v) is 10.4. The van der Waals surface area contributed by atoms with E-state index in [0.29, 0.717) is 21.5 Å². The number of hydrogen-bond acceptors (Lipinski definition) is 3. The first-order valence-electron chi connectivity index (χ1n) is 4.41. The fourth-order valence-corrected chi connectivity index (χ4v) is 1.90. The molecule has 0 bridgehead atoms. The normalized spacial score (nSPS) is 10.4. The molecule has 0 fully saturated rings. The Hall–Kier alpha value is -1.49. The third-order valence-corrected chi connectivity index (χ3v) is 2.67. The maximum Gasteiger partial charge on any atom is 0.328 e. The molecule has 1 aromatic carbocycles. The summed E-state index contributed by atoms with van der Waals surface area (Å²) in [6.07, 6.45) is 2.52. The summed E-state index contributed by atoms with van der Waals surface area (Å²) in [6.45, 7) is 0. The van der Waals surface area contributed by atoms with Gasteiger partial charge in [-0.05, 0) is 34.1 Å². The number of hydrogen-bond donors (Lipinski definition) is 1. The van der Waals surface area contributed by atoms with Crippen molar-refractivity contribution in [3.05, 3.63) is 28.2 Å². The summed E-state index contributed by atoms with van der Waals surface area (Å²) in [6, 6.07) is 3.45. The number of halogens is 1. The smallest absolute Gasteiger partial charge is 0.328 e. The number of carboxylic acids is 1. The maximum absolute atomic E-state index is 10.4. The highest BCUT2D eigenvalue weighted by atomic mass is 79.9. The van der Waals surface area contributed by atoms with Crippen molar-refractivity contribution in [1.29, 1.82) is 0 Å². The molecule has 0 spiro atoms. The van der Waals surface area contributed by atoms with Crippen LogP contribution >= 0.6 is 15.9 Å². The maximum atomic E-state index is 10.4. The van der Waals surface area contributed by atoms with E-state index in [1.54, 1.807) is 19.2 Å². The van der Waals surface area contributed by atoms with Crippen molar-refractivity contribution in [3.63, 3.8) is 0 Å². The molecule has 0 aliphatic rings. The lowest BCUT2D eigenvalue weighted by Crippen LogP contribution is -1.93. The molecule has 0 radical (unpaired) electrons. The molecule has 4 nitrogen and oxygen atoms in total. The number of carbonyl (C=O) groups is 1. The summed E-state index contributed by atoms with van der Waals surface area (Å²) < 4.78 is 10.9. The molecule has 1 N–H and O–H groups in total. The quantitative estimate of drug-likeness (QED) is 0.865. The van der Waals surface area contributed by atoms with Gasteiger partial charge in [-0.3, -0.25) is 0 Å². The van der Waals surface area contributed by atoms with E-state index >= 15 is 0 Å². The topological polar surface area (TPSA) is 55.8 Å². The second kappa shape index (κ2) is 5.55. The molecule has 86 valence electrons. The van der Waals surface area contributed by atoms with Crippen molar-refractivity contribution in [2.75, 3.05) is 14.2 Å². The predicted octanol–water partition coefficient (Wildman–Crippen LogP) is 2.56. The van der Waals surface area contributed by atoms with Crippen molar-refractivity contribution < 1.29 is 19.4 Å². The molecule has 0 atom stereocenters. The Labute approximate surface area is 102 Å². The van der Waals surface area contributed by atoms with Crippen molar-refractivity contribution in [2.24, 2.45) is 0 Å². The lowest BCUT2D eigenvalue weighted by molar-refractivity contribution is -0.131. The molecule has 5 heteroatoms. The highest BCUT2D eigenvalue weighted by Gasteiger charge is 2.10. The van der Waals surface area contributed by atoms with E-state index in [9.17, 15) is 4.79 Å². The highest BCUT2D eigenvalue weighted by molar-refractivity contribution is 9.10. The number of aliphatic carboxylic acids is 1. The largest absolute Gasteiger partial charge is 0.495 e. The van der Waals surface area contributed by atoms with E-state index in [0.717, 1.165) is 6.08 Å². The second-order valence-electron chi connectivity index (χ2n) is 2.88. The SMILES string of the molecule is COc1ccc(C=CC(=O)O)c(OC)c1Br. The molecule has 0 aromatic heterocycles. The fraction of sp³-hybridized carbons (Fsp3) is 0.182. The van der Waals surface area contributed by atoms with Crippen LogP contribution in [0.15, 0.2) is 22.7 Å². The molecular weight excluding hydrogens is 276 g/mol. The van der Waals surface area contributed by atoms with Gasteiger partial charge in [0.1, 0.15) is 16.0 Å². The number of rotatable bonds is 4. The van der Waals surface area contributed by atoms with Crippen LogP contribution in [-0.4, -0.2) is 25.3 Å². The Bertz CT molecular complexity index is 426. The minimum absolute atomic E-state index is 0.539. The highest BCUT2D eigenvalue weighted by Crippen LogP contribution is 2.37. The predicted molar refractivity (Wildman–Crippen MR) is 63.9 cm³/mol. The van der Waals surface area contributed by atoms with Gasteiger partial charge in [-0.1, -0.05) is 0 Å². The van der Waals surface area contributed by atoms with Crippen LogP contribution in [0.4, 0.5) is 0 Å². The standard InChI is InChI=1S/C11H11BrO4/c1-15-8-5-3-7(4-6-9(13)14)11(16-2)10(8)12/h3-6H,1-2H3,(H,13,14). The summed E-state index contributed by atoms with van der Waals surface area (Å²) in [5.74, 6) is 0.162. The molecule has 1 rings (SSSR count). The van der Waals surface area contributed by atoms with Gasteiger partial charge in [-0.2, -0.15) is 0 Å². The van der Waals surface area contributed by atoms with E-state index in [4.69, 9.17) is 14.6 Å². The average molecular weight is 287 g/mol. The van der Waals surface area contributed by atoms with Crippen molar-refractivity contribution in [2.45, 2.75) is 0 Å². The Morgan fingerprint density at radius 2 is 2.06 bits per heavy atom. The van der Waals surface area contributed by atoms with E-state index in [2.05, 4.69) is 15.9 Å². The molecule has 1 aromatic rings. The Morgan fingerprint density at radius 1 is 1.38 bits per heavy atom. The second-order valence-corrected chi connectivity index (χ2v) is 3.67. The molecule has 0 unspecified atom stereocenters. The molecule has 0 heterocycles. The zero-order chi connectivity index (χ0) is 12.1. The average Bonchev–Trinajstić information content (AvgIpc) is 2.26. The Morgan fingerprint density at radius 3 is 2.56 bits per heavy atom.